The number of nitrogens with one attached hydrogen (secondary N) is 4. The van der Waals surface area contributed by atoms with E-state index in [1.54, 1.807) is 18.2 Å². The van der Waals surface area contributed by atoms with Crippen molar-refractivity contribution in [1.82, 2.24) is 9.97 Å². The largest absolute Gasteiger partial charge is 0.325 e. The Kier molecular flexibility index (Phi) is 3.31. The summed E-state index contributed by atoms with van der Waals surface area (Å²) in [6.45, 7) is 4.10. The third-order valence-corrected chi connectivity index (χ3v) is 4.03. The number of aromatic nitrogens is 2. The molecule has 2 aromatic rings. The van der Waals surface area contributed by atoms with Crippen LogP contribution in [0.4, 0.5) is 5.69 Å². The van der Waals surface area contributed by atoms with Crippen LogP contribution in [0, 0.1) is 0 Å². The van der Waals surface area contributed by atoms with Crippen LogP contribution in [-0.4, -0.2) is 35.0 Å². The molecule has 4 N–H and O–H groups in total. The van der Waals surface area contributed by atoms with Crippen molar-refractivity contribution in [3.05, 3.63) is 28.7 Å². The lowest BCUT2D eigenvalue weighted by Gasteiger charge is -2.19. The average Bonchev–Trinajstić information content (AvgIpc) is 3.05. The van der Waals surface area contributed by atoms with Crippen LogP contribution in [0.1, 0.15) is 19.8 Å². The maximum Gasteiger partial charge on any atom is 0.323 e. The van der Waals surface area contributed by atoms with Crippen molar-refractivity contribution >= 4 is 22.6 Å². The van der Waals surface area contributed by atoms with Gasteiger partial charge in [0.25, 0.3) is 5.91 Å². The Morgan fingerprint density at radius 3 is 2.70 bits per heavy atom. The smallest absolute Gasteiger partial charge is 0.323 e. The third kappa shape index (κ3) is 2.46. The molecule has 106 valence electrons. The number of amides is 1. The second-order valence-corrected chi connectivity index (χ2v) is 5.42. The van der Waals surface area contributed by atoms with Gasteiger partial charge in [-0.1, -0.05) is 0 Å². The predicted molar refractivity (Wildman–Crippen MR) is 76.9 cm³/mol. The molecule has 1 fully saturated rings. The van der Waals surface area contributed by atoms with Crippen LogP contribution in [0.15, 0.2) is 23.0 Å². The second kappa shape index (κ2) is 5.13. The molecule has 0 radical (unpaired) electrons. The van der Waals surface area contributed by atoms with Crippen LogP contribution in [0.3, 0.4) is 0 Å². The summed E-state index contributed by atoms with van der Waals surface area (Å²) in [6, 6.07) is 5.32. The number of aromatic amines is 2. The summed E-state index contributed by atoms with van der Waals surface area (Å²) in [5, 5.41) is 2.92. The van der Waals surface area contributed by atoms with E-state index >= 15 is 0 Å². The molecule has 0 spiro atoms. The first-order chi connectivity index (χ1) is 9.63. The number of imidazole rings is 1. The van der Waals surface area contributed by atoms with E-state index in [9.17, 15) is 9.59 Å². The summed E-state index contributed by atoms with van der Waals surface area (Å²) in [7, 11) is 0. The van der Waals surface area contributed by atoms with Gasteiger partial charge in [-0.15, -0.1) is 0 Å². The Morgan fingerprint density at radius 1 is 1.25 bits per heavy atom. The van der Waals surface area contributed by atoms with Crippen molar-refractivity contribution in [3.63, 3.8) is 0 Å². The van der Waals surface area contributed by atoms with E-state index in [-0.39, 0.29) is 17.6 Å². The maximum atomic E-state index is 12.2. The lowest BCUT2D eigenvalue weighted by molar-refractivity contribution is -0.901. The Labute approximate surface area is 116 Å². The minimum Gasteiger partial charge on any atom is -0.325 e. The molecule has 1 aromatic heterocycles. The summed E-state index contributed by atoms with van der Waals surface area (Å²) in [5.74, 6) is 0.0270. The van der Waals surface area contributed by atoms with Crippen molar-refractivity contribution < 1.29 is 9.69 Å². The van der Waals surface area contributed by atoms with Crippen molar-refractivity contribution in [3.8, 4) is 0 Å². The van der Waals surface area contributed by atoms with Crippen LogP contribution in [0.2, 0.25) is 0 Å². The second-order valence-electron chi connectivity index (χ2n) is 5.42. The molecule has 1 amide bonds. The molecule has 0 bridgehead atoms. The zero-order valence-corrected chi connectivity index (χ0v) is 11.5. The highest BCUT2D eigenvalue weighted by molar-refractivity contribution is 5.95. The van der Waals surface area contributed by atoms with E-state index in [1.165, 1.54) is 17.7 Å². The van der Waals surface area contributed by atoms with E-state index in [0.717, 1.165) is 18.6 Å². The highest BCUT2D eigenvalue weighted by atomic mass is 16.2. The zero-order chi connectivity index (χ0) is 14.1. The molecule has 1 aromatic carbocycles. The summed E-state index contributed by atoms with van der Waals surface area (Å²) >= 11 is 0. The zero-order valence-electron chi connectivity index (χ0n) is 11.5. The van der Waals surface area contributed by atoms with E-state index in [1.807, 2.05) is 6.92 Å². The standard InChI is InChI=1S/C14H18N4O2/c1-9(18-6-2-3-7-18)13(19)15-10-4-5-11-12(8-10)17-14(20)16-11/h4-5,8-9H,2-3,6-7H2,1H3,(H,15,19)(H2,16,17,20)/p+1/t9-/m0/s1. The minimum absolute atomic E-state index is 0.0270. The van der Waals surface area contributed by atoms with E-state index in [0.29, 0.717) is 11.2 Å². The summed E-state index contributed by atoms with van der Waals surface area (Å²) in [6.07, 6.45) is 2.40. The summed E-state index contributed by atoms with van der Waals surface area (Å²) < 4.78 is 0. The lowest BCUT2D eigenvalue weighted by Crippen LogP contribution is -3.14. The molecule has 0 saturated carbocycles. The number of carbonyl (C=O) groups excluding carboxylic acids is 1. The van der Waals surface area contributed by atoms with Gasteiger partial charge < -0.3 is 20.2 Å². The fourth-order valence-electron chi connectivity index (χ4n) is 2.81. The monoisotopic (exact) mass is 275 g/mol. The van der Waals surface area contributed by atoms with Crippen molar-refractivity contribution in [2.24, 2.45) is 0 Å². The van der Waals surface area contributed by atoms with E-state index in [4.69, 9.17) is 0 Å². The molecule has 0 aliphatic carbocycles. The van der Waals surface area contributed by atoms with Crippen LogP contribution < -0.4 is 15.9 Å². The Hall–Kier alpha value is -2.08. The van der Waals surface area contributed by atoms with Gasteiger partial charge >= 0.3 is 5.69 Å². The minimum atomic E-state index is -0.238. The molecule has 1 saturated heterocycles. The fraction of sp³-hybridized carbons (Fsp3) is 0.429. The summed E-state index contributed by atoms with van der Waals surface area (Å²) in [4.78, 5) is 30.1. The molecule has 3 rings (SSSR count). The van der Waals surface area contributed by atoms with Crippen molar-refractivity contribution in [2.45, 2.75) is 25.8 Å². The Balaban J connectivity index is 1.74. The van der Waals surface area contributed by atoms with Gasteiger partial charge in [0.15, 0.2) is 6.04 Å². The van der Waals surface area contributed by atoms with Crippen LogP contribution >= 0.6 is 0 Å². The Morgan fingerprint density at radius 2 is 1.95 bits per heavy atom. The van der Waals surface area contributed by atoms with Gasteiger partial charge in [-0.2, -0.15) is 0 Å². The number of quaternary nitrogens is 1. The number of anilines is 1. The number of hydrogen-bond acceptors (Lipinski definition) is 2. The van der Waals surface area contributed by atoms with Gasteiger partial charge in [-0.25, -0.2) is 4.79 Å². The maximum absolute atomic E-state index is 12.2. The third-order valence-electron chi connectivity index (χ3n) is 4.03. The molecule has 20 heavy (non-hydrogen) atoms. The number of carbonyl (C=O) groups is 1. The quantitative estimate of drug-likeness (QED) is 0.629. The lowest BCUT2D eigenvalue weighted by atomic mass is 10.2. The van der Waals surface area contributed by atoms with Gasteiger partial charge in [-0.3, -0.25) is 4.79 Å². The highest BCUT2D eigenvalue weighted by Gasteiger charge is 2.27. The molecule has 1 atom stereocenters. The number of rotatable bonds is 3. The van der Waals surface area contributed by atoms with Gasteiger partial charge in [-0.05, 0) is 25.1 Å². The fourth-order valence-corrected chi connectivity index (χ4v) is 2.81. The van der Waals surface area contributed by atoms with E-state index in [2.05, 4.69) is 15.3 Å². The van der Waals surface area contributed by atoms with Gasteiger partial charge in [0.05, 0.1) is 24.1 Å². The van der Waals surface area contributed by atoms with Crippen LogP contribution in [0.5, 0.6) is 0 Å². The molecular weight excluding hydrogens is 256 g/mol. The van der Waals surface area contributed by atoms with Crippen LogP contribution in [-0.2, 0) is 4.79 Å². The normalized spacial score (nSPS) is 17.4. The van der Waals surface area contributed by atoms with Gasteiger partial charge in [0, 0.05) is 18.5 Å². The molecular formula is C14H19N4O2+. The molecule has 6 heteroatoms. The number of hydrogen-bond donors (Lipinski definition) is 4. The van der Waals surface area contributed by atoms with Crippen LogP contribution in [0.25, 0.3) is 11.0 Å². The van der Waals surface area contributed by atoms with Gasteiger partial charge in [0.1, 0.15) is 0 Å². The highest BCUT2D eigenvalue weighted by Crippen LogP contribution is 2.14. The molecule has 2 heterocycles. The topological polar surface area (TPSA) is 82.2 Å². The van der Waals surface area contributed by atoms with Crippen molar-refractivity contribution in [1.29, 1.82) is 0 Å². The van der Waals surface area contributed by atoms with E-state index < -0.39 is 0 Å². The molecule has 1 aliphatic heterocycles. The average molecular weight is 275 g/mol. The first-order valence-electron chi connectivity index (χ1n) is 7.01. The molecule has 1 aliphatic rings. The molecule has 6 nitrogen and oxygen atoms in total. The molecule has 0 unspecified atom stereocenters. The number of fused-ring (bicyclic) bond motifs is 1. The Bertz CT molecular complexity index is 682. The van der Waals surface area contributed by atoms with Gasteiger partial charge in [0.2, 0.25) is 0 Å². The SMILES string of the molecule is C[C@@H](C(=O)Nc1ccc2[nH]c(=O)[nH]c2c1)[NH+]1CCCC1. The first-order valence-corrected chi connectivity index (χ1v) is 7.01. The number of likely N-dealkylation sites (tertiary alicyclic amines) is 1. The van der Waals surface area contributed by atoms with Crippen molar-refractivity contribution in [2.75, 3.05) is 18.4 Å². The first kappa shape index (κ1) is 12.9. The predicted octanol–water partition coefficient (Wildman–Crippen LogP) is -0.138. The number of H-pyrrole nitrogens is 2. The summed E-state index contributed by atoms with van der Waals surface area (Å²) in [5.41, 5.74) is 1.92. The number of benzene rings is 1.